The second kappa shape index (κ2) is 5.89. The predicted octanol–water partition coefficient (Wildman–Crippen LogP) is 2.62. The molecule has 5 nitrogen and oxygen atoms in total. The summed E-state index contributed by atoms with van der Waals surface area (Å²) in [7, 11) is 0. The molecule has 0 atom stereocenters. The molecule has 7 heteroatoms. The molecule has 0 fully saturated rings. The van der Waals surface area contributed by atoms with E-state index in [4.69, 9.17) is 0 Å². The summed E-state index contributed by atoms with van der Waals surface area (Å²) >= 11 is 1.53. The fourth-order valence-corrected chi connectivity index (χ4v) is 2.51. The van der Waals surface area contributed by atoms with E-state index < -0.39 is 0 Å². The van der Waals surface area contributed by atoms with Crippen molar-refractivity contribution in [2.45, 2.75) is 13.1 Å². The lowest BCUT2D eigenvalue weighted by Gasteiger charge is -1.98. The largest absolute Gasteiger partial charge is 0.343 e. The summed E-state index contributed by atoms with van der Waals surface area (Å²) in [4.78, 5) is 8.41. The van der Waals surface area contributed by atoms with Crippen LogP contribution in [-0.2, 0) is 13.1 Å². The van der Waals surface area contributed by atoms with Crippen molar-refractivity contribution < 1.29 is 8.91 Å². The molecular formula is C13H11FN4OS. The van der Waals surface area contributed by atoms with Gasteiger partial charge in [-0.1, -0.05) is 5.16 Å². The van der Waals surface area contributed by atoms with Crippen LogP contribution in [-0.4, -0.2) is 15.1 Å². The quantitative estimate of drug-likeness (QED) is 0.782. The zero-order valence-electron chi connectivity index (χ0n) is 10.4. The fraction of sp³-hybridized carbons (Fsp3) is 0.154. The zero-order valence-corrected chi connectivity index (χ0v) is 11.2. The van der Waals surface area contributed by atoms with E-state index in [1.807, 2.05) is 5.38 Å². The van der Waals surface area contributed by atoms with Crippen molar-refractivity contribution in [3.05, 3.63) is 53.4 Å². The van der Waals surface area contributed by atoms with Crippen LogP contribution >= 0.6 is 11.3 Å². The van der Waals surface area contributed by atoms with E-state index in [1.54, 1.807) is 12.1 Å². The lowest BCUT2D eigenvalue weighted by Crippen LogP contribution is -2.13. The number of aromatic nitrogens is 3. The summed E-state index contributed by atoms with van der Waals surface area (Å²) in [5.74, 6) is 0.367. The van der Waals surface area contributed by atoms with Gasteiger partial charge in [-0.3, -0.25) is 0 Å². The Kier molecular flexibility index (Phi) is 3.80. The molecule has 0 aliphatic heterocycles. The molecule has 0 spiro atoms. The molecule has 102 valence electrons. The summed E-state index contributed by atoms with van der Waals surface area (Å²) in [6, 6.07) is 6.32. The van der Waals surface area contributed by atoms with Gasteiger partial charge in [0.05, 0.1) is 12.2 Å². The smallest absolute Gasteiger partial charge is 0.213 e. The SMILES string of the molecule is Fc1ccc(-c2nc(CNCc3ncon3)cs2)cc1. The van der Waals surface area contributed by atoms with Crippen molar-refractivity contribution in [3.63, 3.8) is 0 Å². The standard InChI is InChI=1S/C13H11FN4OS/c14-10-3-1-9(2-4-10)13-17-11(7-20-13)5-15-6-12-16-8-19-18-12/h1-4,7-8,15H,5-6H2. The van der Waals surface area contributed by atoms with Crippen molar-refractivity contribution in [3.8, 4) is 10.6 Å². The summed E-state index contributed by atoms with van der Waals surface area (Å²) in [6.45, 7) is 1.14. The highest BCUT2D eigenvalue weighted by Crippen LogP contribution is 2.23. The minimum Gasteiger partial charge on any atom is -0.343 e. The number of rotatable bonds is 5. The maximum atomic E-state index is 12.9. The van der Waals surface area contributed by atoms with Crippen LogP contribution in [0.2, 0.25) is 0 Å². The van der Waals surface area contributed by atoms with Crippen LogP contribution in [0.4, 0.5) is 4.39 Å². The Morgan fingerprint density at radius 3 is 2.80 bits per heavy atom. The monoisotopic (exact) mass is 290 g/mol. The van der Waals surface area contributed by atoms with Gasteiger partial charge in [-0.15, -0.1) is 11.3 Å². The fourth-order valence-electron chi connectivity index (χ4n) is 1.69. The number of benzene rings is 1. The van der Waals surface area contributed by atoms with Crippen LogP contribution in [0.25, 0.3) is 10.6 Å². The molecule has 0 saturated heterocycles. The second-order valence-electron chi connectivity index (χ2n) is 4.10. The predicted molar refractivity (Wildman–Crippen MR) is 72.3 cm³/mol. The molecule has 0 radical (unpaired) electrons. The van der Waals surface area contributed by atoms with Gasteiger partial charge in [0.25, 0.3) is 0 Å². The van der Waals surface area contributed by atoms with Gasteiger partial charge in [-0.05, 0) is 24.3 Å². The van der Waals surface area contributed by atoms with Crippen LogP contribution in [0.1, 0.15) is 11.5 Å². The molecule has 0 bridgehead atoms. The average molecular weight is 290 g/mol. The molecule has 3 aromatic rings. The molecule has 0 aliphatic carbocycles. The molecule has 2 aromatic heterocycles. The van der Waals surface area contributed by atoms with Crippen LogP contribution in [0.15, 0.2) is 40.6 Å². The van der Waals surface area contributed by atoms with Crippen LogP contribution < -0.4 is 5.32 Å². The average Bonchev–Trinajstić information content (AvgIpc) is 3.11. The van der Waals surface area contributed by atoms with Gasteiger partial charge in [-0.25, -0.2) is 9.37 Å². The van der Waals surface area contributed by atoms with Crippen LogP contribution in [0.3, 0.4) is 0 Å². The van der Waals surface area contributed by atoms with Crippen LogP contribution in [0, 0.1) is 5.82 Å². The van der Waals surface area contributed by atoms with Gasteiger partial charge >= 0.3 is 0 Å². The molecule has 2 heterocycles. The highest BCUT2D eigenvalue weighted by molar-refractivity contribution is 7.13. The van der Waals surface area contributed by atoms with Gasteiger partial charge in [0.2, 0.25) is 6.39 Å². The minimum atomic E-state index is -0.243. The van der Waals surface area contributed by atoms with Crippen LogP contribution in [0.5, 0.6) is 0 Å². The Bertz CT molecular complexity index is 666. The van der Waals surface area contributed by atoms with Crippen molar-refractivity contribution in [1.82, 2.24) is 20.4 Å². The molecule has 3 rings (SSSR count). The lowest BCUT2D eigenvalue weighted by molar-refractivity contribution is 0.407. The first-order chi connectivity index (χ1) is 9.81. The maximum Gasteiger partial charge on any atom is 0.213 e. The van der Waals surface area contributed by atoms with E-state index in [-0.39, 0.29) is 5.82 Å². The Labute approximate surface area is 118 Å². The van der Waals surface area contributed by atoms with E-state index in [0.717, 1.165) is 16.3 Å². The number of hydrogen-bond donors (Lipinski definition) is 1. The molecular weight excluding hydrogens is 279 g/mol. The van der Waals surface area contributed by atoms with E-state index in [9.17, 15) is 4.39 Å². The van der Waals surface area contributed by atoms with Crippen molar-refractivity contribution >= 4 is 11.3 Å². The van der Waals surface area contributed by atoms with E-state index >= 15 is 0 Å². The number of nitrogens with zero attached hydrogens (tertiary/aromatic N) is 3. The summed E-state index contributed by atoms with van der Waals surface area (Å²) in [5.41, 5.74) is 1.85. The van der Waals surface area contributed by atoms with Crippen molar-refractivity contribution in [1.29, 1.82) is 0 Å². The zero-order chi connectivity index (χ0) is 13.8. The summed E-state index contributed by atoms with van der Waals surface area (Å²) < 4.78 is 17.5. The van der Waals surface area contributed by atoms with Gasteiger partial charge in [0, 0.05) is 17.5 Å². The second-order valence-corrected chi connectivity index (χ2v) is 4.96. The minimum absolute atomic E-state index is 0.243. The number of hydrogen-bond acceptors (Lipinski definition) is 6. The Morgan fingerprint density at radius 2 is 2.05 bits per heavy atom. The van der Waals surface area contributed by atoms with Gasteiger partial charge < -0.3 is 9.84 Å². The molecule has 1 N–H and O–H groups in total. The maximum absolute atomic E-state index is 12.9. The summed E-state index contributed by atoms with van der Waals surface area (Å²) in [6.07, 6.45) is 1.30. The van der Waals surface area contributed by atoms with E-state index in [1.165, 1.54) is 29.9 Å². The third-order valence-corrected chi connectivity index (χ3v) is 3.58. The Hall–Kier alpha value is -2.12. The summed E-state index contributed by atoms with van der Waals surface area (Å²) in [5, 5.41) is 9.73. The number of halogens is 1. The molecule has 0 aliphatic rings. The van der Waals surface area contributed by atoms with Crippen molar-refractivity contribution in [2.75, 3.05) is 0 Å². The lowest BCUT2D eigenvalue weighted by atomic mass is 10.2. The van der Waals surface area contributed by atoms with E-state index in [0.29, 0.717) is 18.9 Å². The Balaban J connectivity index is 1.60. The van der Waals surface area contributed by atoms with E-state index in [2.05, 4.69) is 25.0 Å². The first-order valence-corrected chi connectivity index (χ1v) is 6.85. The van der Waals surface area contributed by atoms with Crippen molar-refractivity contribution in [2.24, 2.45) is 0 Å². The number of nitrogens with one attached hydrogen (secondary N) is 1. The normalized spacial score (nSPS) is 10.8. The van der Waals surface area contributed by atoms with Gasteiger partial charge in [0.15, 0.2) is 5.82 Å². The molecule has 0 amide bonds. The highest BCUT2D eigenvalue weighted by Gasteiger charge is 2.05. The Morgan fingerprint density at radius 1 is 1.20 bits per heavy atom. The third-order valence-electron chi connectivity index (χ3n) is 2.64. The molecule has 0 unspecified atom stereocenters. The molecule has 1 aromatic carbocycles. The topological polar surface area (TPSA) is 63.8 Å². The molecule has 0 saturated carbocycles. The van der Waals surface area contributed by atoms with Gasteiger partial charge in [0.1, 0.15) is 10.8 Å². The highest BCUT2D eigenvalue weighted by atomic mass is 32.1. The first-order valence-electron chi connectivity index (χ1n) is 5.97. The van der Waals surface area contributed by atoms with Gasteiger partial charge in [-0.2, -0.15) is 4.98 Å². The third kappa shape index (κ3) is 3.06. The number of thiazole rings is 1. The molecule has 20 heavy (non-hydrogen) atoms. The first kappa shape index (κ1) is 12.9.